The summed E-state index contributed by atoms with van der Waals surface area (Å²) in [5, 5.41) is 9.55. The lowest BCUT2D eigenvalue weighted by Crippen LogP contribution is -2.29. The molecule has 1 aromatic carbocycles. The summed E-state index contributed by atoms with van der Waals surface area (Å²) in [4.78, 5) is 4.86. The summed E-state index contributed by atoms with van der Waals surface area (Å²) in [7, 11) is 0. The zero-order chi connectivity index (χ0) is 15.0. The van der Waals surface area contributed by atoms with Crippen molar-refractivity contribution >= 4 is 5.69 Å². The zero-order valence-corrected chi connectivity index (χ0v) is 13.5. The average Bonchev–Trinajstić information content (AvgIpc) is 2.48. The minimum absolute atomic E-state index is 0.387. The molecule has 3 heteroatoms. The first kappa shape index (κ1) is 17.0. The molecule has 1 rings (SSSR count). The van der Waals surface area contributed by atoms with Gasteiger partial charge < -0.3 is 14.9 Å². The molecule has 0 aromatic heterocycles. The Bertz CT molecular complexity index is 358. The van der Waals surface area contributed by atoms with Crippen LogP contribution in [0.5, 0.6) is 0 Å². The Morgan fingerprint density at radius 1 is 0.950 bits per heavy atom. The first-order valence-electron chi connectivity index (χ1n) is 7.87. The van der Waals surface area contributed by atoms with Gasteiger partial charge in [0.15, 0.2) is 0 Å². The Labute approximate surface area is 124 Å². The van der Waals surface area contributed by atoms with Gasteiger partial charge in [-0.1, -0.05) is 26.0 Å². The van der Waals surface area contributed by atoms with Gasteiger partial charge in [-0.05, 0) is 57.6 Å². The van der Waals surface area contributed by atoms with Crippen LogP contribution in [-0.2, 0) is 0 Å². The van der Waals surface area contributed by atoms with Crippen molar-refractivity contribution < 1.29 is 5.11 Å². The summed E-state index contributed by atoms with van der Waals surface area (Å²) < 4.78 is 0. The smallest absolute Gasteiger partial charge is 0.0761 e. The third-order valence-corrected chi connectivity index (χ3v) is 3.92. The van der Waals surface area contributed by atoms with Crippen LogP contribution in [0.15, 0.2) is 24.3 Å². The van der Waals surface area contributed by atoms with E-state index in [1.165, 1.54) is 12.1 Å². The molecule has 0 aliphatic carbocycles. The lowest BCUT2D eigenvalue weighted by molar-refractivity contribution is 0.199. The molecule has 0 heterocycles. The Morgan fingerprint density at radius 2 is 1.55 bits per heavy atom. The Balaban J connectivity index is 2.53. The van der Waals surface area contributed by atoms with Crippen LogP contribution in [0.2, 0.25) is 0 Å². The third kappa shape index (κ3) is 5.14. The maximum absolute atomic E-state index is 9.55. The maximum Gasteiger partial charge on any atom is 0.0761 e. The van der Waals surface area contributed by atoms with Gasteiger partial charge in [0, 0.05) is 18.8 Å². The van der Waals surface area contributed by atoms with Crippen molar-refractivity contribution in [2.24, 2.45) is 0 Å². The molecule has 0 saturated carbocycles. The van der Waals surface area contributed by atoms with Crippen molar-refractivity contribution in [2.75, 3.05) is 37.6 Å². The van der Waals surface area contributed by atoms with Crippen molar-refractivity contribution in [1.29, 1.82) is 0 Å². The largest absolute Gasteiger partial charge is 0.389 e. The molecule has 0 saturated heterocycles. The zero-order valence-electron chi connectivity index (χ0n) is 13.5. The Kier molecular flexibility index (Phi) is 7.63. The summed E-state index contributed by atoms with van der Waals surface area (Å²) in [6, 6.07) is 8.27. The van der Waals surface area contributed by atoms with E-state index in [-0.39, 0.29) is 6.10 Å². The van der Waals surface area contributed by atoms with Gasteiger partial charge in [0.2, 0.25) is 0 Å². The summed E-state index contributed by atoms with van der Waals surface area (Å²) >= 11 is 0. The summed E-state index contributed by atoms with van der Waals surface area (Å²) in [5.74, 6) is 0. The molecule has 114 valence electrons. The highest BCUT2D eigenvalue weighted by Crippen LogP contribution is 2.19. The third-order valence-electron chi connectivity index (χ3n) is 3.92. The van der Waals surface area contributed by atoms with Gasteiger partial charge in [-0.3, -0.25) is 0 Å². The van der Waals surface area contributed by atoms with Gasteiger partial charge in [-0.15, -0.1) is 0 Å². The monoisotopic (exact) mass is 278 g/mol. The van der Waals surface area contributed by atoms with E-state index < -0.39 is 0 Å². The highest BCUT2D eigenvalue weighted by atomic mass is 16.3. The molecule has 1 aromatic rings. The quantitative estimate of drug-likeness (QED) is 0.751. The van der Waals surface area contributed by atoms with E-state index in [1.54, 1.807) is 6.92 Å². The number of hydrogen-bond acceptors (Lipinski definition) is 3. The molecule has 0 amide bonds. The van der Waals surface area contributed by atoms with E-state index in [4.69, 9.17) is 0 Å². The second-order valence-corrected chi connectivity index (χ2v) is 5.23. The standard InChI is InChI=1S/C17H30N2O/c1-5-18(6-2)13-8-14-19(7-3)17-11-9-16(10-12-17)15(4)20/h9-12,15,20H,5-8,13-14H2,1-4H3. The number of aliphatic hydroxyl groups excluding tert-OH is 1. The van der Waals surface area contributed by atoms with Gasteiger partial charge in [0.05, 0.1) is 6.10 Å². The normalized spacial score (nSPS) is 12.7. The van der Waals surface area contributed by atoms with E-state index in [1.807, 2.05) is 12.1 Å². The van der Waals surface area contributed by atoms with Gasteiger partial charge in [0.25, 0.3) is 0 Å². The summed E-state index contributed by atoms with van der Waals surface area (Å²) in [6.45, 7) is 14.0. The first-order chi connectivity index (χ1) is 9.62. The number of benzene rings is 1. The van der Waals surface area contributed by atoms with Crippen LogP contribution in [0, 0.1) is 0 Å². The van der Waals surface area contributed by atoms with E-state index in [9.17, 15) is 5.11 Å². The van der Waals surface area contributed by atoms with Crippen molar-refractivity contribution in [3.05, 3.63) is 29.8 Å². The maximum atomic E-state index is 9.55. The van der Waals surface area contributed by atoms with Crippen molar-refractivity contribution in [3.8, 4) is 0 Å². The van der Waals surface area contributed by atoms with Crippen molar-refractivity contribution in [3.63, 3.8) is 0 Å². The molecule has 20 heavy (non-hydrogen) atoms. The molecule has 1 N–H and O–H groups in total. The van der Waals surface area contributed by atoms with Crippen LogP contribution in [0.3, 0.4) is 0 Å². The first-order valence-corrected chi connectivity index (χ1v) is 7.87. The number of hydrogen-bond donors (Lipinski definition) is 1. The second-order valence-electron chi connectivity index (χ2n) is 5.23. The summed E-state index contributed by atoms with van der Waals surface area (Å²) in [5.41, 5.74) is 2.23. The fourth-order valence-electron chi connectivity index (χ4n) is 2.46. The van der Waals surface area contributed by atoms with E-state index in [0.29, 0.717) is 0 Å². The second kappa shape index (κ2) is 8.98. The van der Waals surface area contributed by atoms with Gasteiger partial charge in [-0.2, -0.15) is 0 Å². The lowest BCUT2D eigenvalue weighted by atomic mass is 10.1. The van der Waals surface area contributed by atoms with Crippen molar-refractivity contribution in [1.82, 2.24) is 4.90 Å². The number of nitrogens with zero attached hydrogens (tertiary/aromatic N) is 2. The molecule has 0 fully saturated rings. The van der Waals surface area contributed by atoms with Crippen molar-refractivity contribution in [2.45, 2.75) is 40.2 Å². The molecule has 0 bridgehead atoms. The van der Waals surface area contributed by atoms with Crippen LogP contribution in [0.4, 0.5) is 5.69 Å². The molecular weight excluding hydrogens is 248 g/mol. The molecule has 0 aliphatic rings. The molecule has 0 radical (unpaired) electrons. The van der Waals surface area contributed by atoms with E-state index in [0.717, 1.165) is 38.3 Å². The Hall–Kier alpha value is -1.06. The summed E-state index contributed by atoms with van der Waals surface area (Å²) in [6.07, 6.45) is 0.801. The topological polar surface area (TPSA) is 26.7 Å². The predicted octanol–water partition coefficient (Wildman–Crippen LogP) is 3.30. The number of anilines is 1. The lowest BCUT2D eigenvalue weighted by Gasteiger charge is -2.25. The van der Waals surface area contributed by atoms with Gasteiger partial charge >= 0.3 is 0 Å². The van der Waals surface area contributed by atoms with Crippen LogP contribution >= 0.6 is 0 Å². The average molecular weight is 278 g/mol. The molecular formula is C17H30N2O. The fraction of sp³-hybridized carbons (Fsp3) is 0.647. The van der Waals surface area contributed by atoms with E-state index >= 15 is 0 Å². The molecule has 1 atom stereocenters. The number of aliphatic hydroxyl groups is 1. The molecule has 0 spiro atoms. The van der Waals surface area contributed by atoms with Crippen LogP contribution in [0.1, 0.15) is 45.8 Å². The molecule has 1 unspecified atom stereocenters. The van der Waals surface area contributed by atoms with Gasteiger partial charge in [0.1, 0.15) is 0 Å². The van der Waals surface area contributed by atoms with Gasteiger partial charge in [-0.25, -0.2) is 0 Å². The minimum Gasteiger partial charge on any atom is -0.389 e. The van der Waals surface area contributed by atoms with Crippen LogP contribution < -0.4 is 4.90 Å². The highest BCUT2D eigenvalue weighted by Gasteiger charge is 2.07. The van der Waals surface area contributed by atoms with Crippen LogP contribution in [-0.4, -0.2) is 42.7 Å². The molecule has 0 aliphatic heterocycles. The Morgan fingerprint density at radius 3 is 2.00 bits per heavy atom. The predicted molar refractivity (Wildman–Crippen MR) is 87.4 cm³/mol. The SMILES string of the molecule is CCN(CC)CCCN(CC)c1ccc(C(C)O)cc1. The number of rotatable bonds is 9. The highest BCUT2D eigenvalue weighted by molar-refractivity contribution is 5.47. The minimum atomic E-state index is -0.387. The fourth-order valence-corrected chi connectivity index (χ4v) is 2.46. The van der Waals surface area contributed by atoms with E-state index in [2.05, 4.69) is 42.7 Å². The molecule has 3 nitrogen and oxygen atoms in total. The van der Waals surface area contributed by atoms with Crippen LogP contribution in [0.25, 0.3) is 0 Å².